The summed E-state index contributed by atoms with van der Waals surface area (Å²) in [6.07, 6.45) is 0. The Morgan fingerprint density at radius 1 is 1.25 bits per heavy atom. The molecule has 1 heterocycles. The highest BCUT2D eigenvalue weighted by molar-refractivity contribution is 9.10. The van der Waals surface area contributed by atoms with E-state index < -0.39 is 11.6 Å². The number of rotatable bonds is 3. The summed E-state index contributed by atoms with van der Waals surface area (Å²) in [5, 5.41) is 5.82. The van der Waals surface area contributed by atoms with Crippen LogP contribution in [-0.4, -0.2) is 4.98 Å². The van der Waals surface area contributed by atoms with Crippen molar-refractivity contribution < 1.29 is 8.78 Å². The third kappa shape index (κ3) is 3.55. The number of anilines is 1. The van der Waals surface area contributed by atoms with E-state index >= 15 is 0 Å². The van der Waals surface area contributed by atoms with Crippen molar-refractivity contribution in [3.05, 3.63) is 44.3 Å². The van der Waals surface area contributed by atoms with Gasteiger partial charge in [0.1, 0.15) is 16.6 Å². The molecular formula is C14H15BrF2N2S. The van der Waals surface area contributed by atoms with Crippen LogP contribution in [-0.2, 0) is 12.0 Å². The van der Waals surface area contributed by atoms with E-state index in [1.54, 1.807) is 0 Å². The molecule has 20 heavy (non-hydrogen) atoms. The van der Waals surface area contributed by atoms with Crippen molar-refractivity contribution in [2.45, 2.75) is 32.7 Å². The van der Waals surface area contributed by atoms with Gasteiger partial charge in [-0.15, -0.1) is 11.3 Å². The zero-order valence-electron chi connectivity index (χ0n) is 11.4. The predicted octanol–water partition coefficient (Wildman–Crippen LogP) is 5.09. The van der Waals surface area contributed by atoms with Crippen LogP contribution in [0.1, 0.15) is 31.5 Å². The molecule has 2 rings (SSSR count). The summed E-state index contributed by atoms with van der Waals surface area (Å²) < 4.78 is 27.0. The lowest BCUT2D eigenvalue weighted by Crippen LogP contribution is -2.12. The van der Waals surface area contributed by atoms with Crippen molar-refractivity contribution in [2.75, 3.05) is 5.32 Å². The Labute approximate surface area is 129 Å². The van der Waals surface area contributed by atoms with E-state index in [0.717, 1.165) is 16.8 Å². The van der Waals surface area contributed by atoms with Gasteiger partial charge in [-0.05, 0) is 22.0 Å². The van der Waals surface area contributed by atoms with E-state index in [0.29, 0.717) is 6.54 Å². The standard InChI is InChI=1S/C14H15BrF2N2S/c1-14(2,3)12-7-20-13(19-12)6-18-11-4-8(15)9(16)5-10(11)17/h4-5,7,18H,6H2,1-3H3. The second kappa shape index (κ2) is 5.77. The number of nitrogens with zero attached hydrogens (tertiary/aromatic N) is 1. The molecule has 1 N–H and O–H groups in total. The molecule has 0 radical (unpaired) electrons. The second-order valence-electron chi connectivity index (χ2n) is 5.48. The SMILES string of the molecule is CC(C)(C)c1csc(CNc2cc(Br)c(F)cc2F)n1. The first-order chi connectivity index (χ1) is 9.27. The van der Waals surface area contributed by atoms with E-state index in [2.05, 4.69) is 47.0 Å². The van der Waals surface area contributed by atoms with Crippen LogP contribution in [0.2, 0.25) is 0 Å². The number of nitrogens with one attached hydrogen (secondary N) is 1. The van der Waals surface area contributed by atoms with Crippen LogP contribution in [0.5, 0.6) is 0 Å². The average Bonchev–Trinajstić information content (AvgIpc) is 2.80. The Bertz CT molecular complexity index is 620. The molecule has 6 heteroatoms. The minimum absolute atomic E-state index is 0.00109. The van der Waals surface area contributed by atoms with Crippen LogP contribution >= 0.6 is 27.3 Å². The van der Waals surface area contributed by atoms with Gasteiger partial charge in [0.25, 0.3) is 0 Å². The van der Waals surface area contributed by atoms with Gasteiger partial charge >= 0.3 is 0 Å². The molecule has 0 aliphatic heterocycles. The molecule has 0 amide bonds. The monoisotopic (exact) mass is 360 g/mol. The Balaban J connectivity index is 2.09. The van der Waals surface area contributed by atoms with Gasteiger partial charge in [0, 0.05) is 16.9 Å². The maximum atomic E-state index is 13.6. The van der Waals surface area contributed by atoms with E-state index in [-0.39, 0.29) is 15.6 Å². The largest absolute Gasteiger partial charge is 0.376 e. The van der Waals surface area contributed by atoms with Gasteiger partial charge in [-0.25, -0.2) is 13.8 Å². The van der Waals surface area contributed by atoms with Crippen LogP contribution in [0, 0.1) is 11.6 Å². The second-order valence-corrected chi connectivity index (χ2v) is 7.27. The summed E-state index contributed by atoms with van der Waals surface area (Å²) in [6, 6.07) is 2.25. The molecule has 0 fully saturated rings. The Hall–Kier alpha value is -1.01. The van der Waals surface area contributed by atoms with E-state index in [1.165, 1.54) is 17.4 Å². The molecule has 0 saturated heterocycles. The Morgan fingerprint density at radius 3 is 2.55 bits per heavy atom. The van der Waals surface area contributed by atoms with Gasteiger partial charge in [0.05, 0.1) is 22.4 Å². The highest BCUT2D eigenvalue weighted by atomic mass is 79.9. The molecule has 0 unspecified atom stereocenters. The molecule has 1 aromatic carbocycles. The first kappa shape index (κ1) is 15.4. The van der Waals surface area contributed by atoms with Crippen molar-refractivity contribution in [2.24, 2.45) is 0 Å². The molecule has 0 aliphatic rings. The topological polar surface area (TPSA) is 24.9 Å². The van der Waals surface area contributed by atoms with Crippen molar-refractivity contribution in [3.63, 3.8) is 0 Å². The zero-order valence-corrected chi connectivity index (χ0v) is 13.8. The van der Waals surface area contributed by atoms with Crippen molar-refractivity contribution in [3.8, 4) is 0 Å². The summed E-state index contributed by atoms with van der Waals surface area (Å²) in [5.74, 6) is -1.23. The van der Waals surface area contributed by atoms with Crippen LogP contribution in [0.4, 0.5) is 14.5 Å². The highest BCUT2D eigenvalue weighted by Crippen LogP contribution is 2.26. The van der Waals surface area contributed by atoms with Crippen LogP contribution < -0.4 is 5.32 Å². The number of aromatic nitrogens is 1. The highest BCUT2D eigenvalue weighted by Gasteiger charge is 2.17. The van der Waals surface area contributed by atoms with Crippen molar-refractivity contribution in [1.82, 2.24) is 4.98 Å². The predicted molar refractivity (Wildman–Crippen MR) is 82.2 cm³/mol. The molecular weight excluding hydrogens is 346 g/mol. The average molecular weight is 361 g/mol. The van der Waals surface area contributed by atoms with Crippen molar-refractivity contribution >= 4 is 33.0 Å². The van der Waals surface area contributed by atoms with Crippen LogP contribution in [0.15, 0.2) is 22.0 Å². The third-order valence-electron chi connectivity index (χ3n) is 2.76. The fraction of sp³-hybridized carbons (Fsp3) is 0.357. The summed E-state index contributed by atoms with van der Waals surface area (Å²) in [4.78, 5) is 4.51. The lowest BCUT2D eigenvalue weighted by Gasteiger charge is -2.14. The van der Waals surface area contributed by atoms with Gasteiger partial charge in [-0.1, -0.05) is 20.8 Å². The van der Waals surface area contributed by atoms with Gasteiger partial charge in [-0.2, -0.15) is 0 Å². The van der Waals surface area contributed by atoms with E-state index in [4.69, 9.17) is 0 Å². The number of hydrogen-bond acceptors (Lipinski definition) is 3. The molecule has 0 spiro atoms. The lowest BCUT2D eigenvalue weighted by molar-refractivity contribution is 0.570. The molecule has 2 aromatic rings. The molecule has 0 bridgehead atoms. The summed E-state index contributed by atoms with van der Waals surface area (Å²) >= 11 is 4.57. The number of benzene rings is 1. The number of hydrogen-bond donors (Lipinski definition) is 1. The first-order valence-electron chi connectivity index (χ1n) is 6.10. The maximum Gasteiger partial charge on any atom is 0.149 e. The van der Waals surface area contributed by atoms with Gasteiger partial charge in [0.15, 0.2) is 0 Å². The lowest BCUT2D eigenvalue weighted by atomic mass is 9.93. The van der Waals surface area contributed by atoms with Gasteiger partial charge in [0.2, 0.25) is 0 Å². The van der Waals surface area contributed by atoms with E-state index in [1.807, 2.05) is 5.38 Å². The molecule has 0 atom stereocenters. The molecule has 0 saturated carbocycles. The number of halogens is 3. The molecule has 0 aliphatic carbocycles. The van der Waals surface area contributed by atoms with Gasteiger partial charge in [-0.3, -0.25) is 0 Å². The Kier molecular flexibility index (Phi) is 4.44. The quantitative estimate of drug-likeness (QED) is 0.770. The number of thiazole rings is 1. The van der Waals surface area contributed by atoms with Crippen molar-refractivity contribution in [1.29, 1.82) is 0 Å². The fourth-order valence-corrected chi connectivity index (χ4v) is 2.87. The molecule has 2 nitrogen and oxygen atoms in total. The van der Waals surface area contributed by atoms with E-state index in [9.17, 15) is 8.78 Å². The summed E-state index contributed by atoms with van der Waals surface area (Å²) in [5.41, 5.74) is 1.27. The van der Waals surface area contributed by atoms with Crippen LogP contribution in [0.25, 0.3) is 0 Å². The van der Waals surface area contributed by atoms with Crippen LogP contribution in [0.3, 0.4) is 0 Å². The first-order valence-corrected chi connectivity index (χ1v) is 7.78. The molecule has 108 valence electrons. The zero-order chi connectivity index (χ0) is 14.9. The molecule has 1 aromatic heterocycles. The Morgan fingerprint density at radius 2 is 1.95 bits per heavy atom. The fourth-order valence-electron chi connectivity index (χ4n) is 1.57. The minimum atomic E-state index is -0.614. The normalized spacial score (nSPS) is 11.7. The minimum Gasteiger partial charge on any atom is -0.376 e. The summed E-state index contributed by atoms with van der Waals surface area (Å²) in [7, 11) is 0. The smallest absolute Gasteiger partial charge is 0.149 e. The van der Waals surface area contributed by atoms with Gasteiger partial charge < -0.3 is 5.32 Å². The summed E-state index contributed by atoms with van der Waals surface area (Å²) in [6.45, 7) is 6.69. The third-order valence-corrected chi connectivity index (χ3v) is 4.22. The maximum absolute atomic E-state index is 13.6.